The molecule has 2 aromatic rings. The van der Waals surface area contributed by atoms with Gasteiger partial charge in [0.05, 0.1) is 14.2 Å². The molecule has 1 heterocycles. The van der Waals surface area contributed by atoms with Gasteiger partial charge in [-0.05, 0) is 61.1 Å². The van der Waals surface area contributed by atoms with E-state index in [-0.39, 0.29) is 11.8 Å². The average molecular weight is 383 g/mol. The van der Waals surface area contributed by atoms with Crippen molar-refractivity contribution < 1.29 is 14.3 Å². The van der Waals surface area contributed by atoms with Crippen LogP contribution in [0.3, 0.4) is 0 Å². The van der Waals surface area contributed by atoms with Crippen molar-refractivity contribution in [2.24, 2.45) is 0 Å². The van der Waals surface area contributed by atoms with Gasteiger partial charge < -0.3 is 19.7 Å². The summed E-state index contributed by atoms with van der Waals surface area (Å²) in [6.07, 6.45) is 4.22. The molecule has 1 fully saturated rings. The van der Waals surface area contributed by atoms with Gasteiger partial charge in [0.2, 0.25) is 5.91 Å². The number of anilines is 2. The highest BCUT2D eigenvalue weighted by atomic mass is 16.5. The molecule has 1 atom stereocenters. The van der Waals surface area contributed by atoms with Crippen LogP contribution in [0.15, 0.2) is 42.5 Å². The highest BCUT2D eigenvalue weighted by Gasteiger charge is 2.17. The van der Waals surface area contributed by atoms with Crippen molar-refractivity contribution in [3.05, 3.63) is 48.0 Å². The lowest BCUT2D eigenvalue weighted by Gasteiger charge is -2.28. The summed E-state index contributed by atoms with van der Waals surface area (Å²) in [6.45, 7) is 4.27. The predicted octanol–water partition coefficient (Wildman–Crippen LogP) is 4.83. The number of benzene rings is 2. The fourth-order valence-corrected chi connectivity index (χ4v) is 3.73. The Morgan fingerprint density at radius 2 is 1.75 bits per heavy atom. The molecule has 0 radical (unpaired) electrons. The second kappa shape index (κ2) is 9.49. The van der Waals surface area contributed by atoms with Crippen LogP contribution in [0, 0.1) is 0 Å². The van der Waals surface area contributed by atoms with Gasteiger partial charge in [0.25, 0.3) is 0 Å². The fourth-order valence-electron chi connectivity index (χ4n) is 3.73. The molecule has 1 aliphatic rings. The molecule has 0 bridgehead atoms. The van der Waals surface area contributed by atoms with E-state index in [9.17, 15) is 4.79 Å². The molecule has 2 aromatic carbocycles. The summed E-state index contributed by atoms with van der Waals surface area (Å²) in [5.41, 5.74) is 3.06. The summed E-state index contributed by atoms with van der Waals surface area (Å²) in [6, 6.07) is 13.9. The molecule has 0 aromatic heterocycles. The van der Waals surface area contributed by atoms with Gasteiger partial charge in [-0.2, -0.15) is 0 Å². The van der Waals surface area contributed by atoms with Crippen molar-refractivity contribution in [3.8, 4) is 11.5 Å². The summed E-state index contributed by atoms with van der Waals surface area (Å²) in [4.78, 5) is 14.9. The standard InChI is InChI=1S/C23H30N2O3/c1-17(21-12-11-20(27-2)16-22(21)28-3)15-23(26)24-18-7-9-19(10-8-18)25-13-5-4-6-14-25/h7-12,16-17H,4-6,13-15H2,1-3H3,(H,24,26). The maximum absolute atomic E-state index is 12.5. The van der Waals surface area contributed by atoms with Gasteiger partial charge in [0, 0.05) is 37.0 Å². The number of ether oxygens (including phenoxy) is 2. The van der Waals surface area contributed by atoms with Gasteiger partial charge in [-0.25, -0.2) is 0 Å². The molecule has 28 heavy (non-hydrogen) atoms. The van der Waals surface area contributed by atoms with Crippen molar-refractivity contribution in [1.82, 2.24) is 0 Å². The summed E-state index contributed by atoms with van der Waals surface area (Å²) in [7, 11) is 3.26. The van der Waals surface area contributed by atoms with Gasteiger partial charge >= 0.3 is 0 Å². The number of rotatable bonds is 7. The van der Waals surface area contributed by atoms with Crippen LogP contribution < -0.4 is 19.7 Å². The Kier molecular flexibility index (Phi) is 6.80. The maximum Gasteiger partial charge on any atom is 0.224 e. The third-order valence-corrected chi connectivity index (χ3v) is 5.34. The first-order valence-electron chi connectivity index (χ1n) is 9.97. The third kappa shape index (κ3) is 4.97. The second-order valence-corrected chi connectivity index (χ2v) is 7.36. The smallest absolute Gasteiger partial charge is 0.224 e. The van der Waals surface area contributed by atoms with E-state index >= 15 is 0 Å². The predicted molar refractivity (Wildman–Crippen MR) is 114 cm³/mol. The van der Waals surface area contributed by atoms with Crippen LogP contribution in [0.25, 0.3) is 0 Å². The van der Waals surface area contributed by atoms with Crippen LogP contribution in [0.2, 0.25) is 0 Å². The molecule has 5 nitrogen and oxygen atoms in total. The first-order valence-corrected chi connectivity index (χ1v) is 9.97. The molecule has 1 saturated heterocycles. The van der Waals surface area contributed by atoms with E-state index in [0.29, 0.717) is 6.42 Å². The molecular weight excluding hydrogens is 352 g/mol. The van der Waals surface area contributed by atoms with E-state index < -0.39 is 0 Å². The Hall–Kier alpha value is -2.69. The third-order valence-electron chi connectivity index (χ3n) is 5.34. The van der Waals surface area contributed by atoms with Gasteiger partial charge in [0.15, 0.2) is 0 Å². The highest BCUT2D eigenvalue weighted by Crippen LogP contribution is 2.32. The normalized spacial score (nSPS) is 15.0. The Morgan fingerprint density at radius 1 is 1.04 bits per heavy atom. The molecular formula is C23H30N2O3. The van der Waals surface area contributed by atoms with Crippen LogP contribution >= 0.6 is 0 Å². The molecule has 0 spiro atoms. The number of piperidine rings is 1. The Labute approximate surface area is 167 Å². The van der Waals surface area contributed by atoms with Gasteiger partial charge in [-0.3, -0.25) is 4.79 Å². The van der Waals surface area contributed by atoms with Crippen molar-refractivity contribution in [2.75, 3.05) is 37.5 Å². The number of methoxy groups -OCH3 is 2. The number of carbonyl (C=O) groups excluding carboxylic acids is 1. The van der Waals surface area contributed by atoms with Crippen LogP contribution in [-0.4, -0.2) is 33.2 Å². The zero-order valence-electron chi connectivity index (χ0n) is 17.0. The minimum Gasteiger partial charge on any atom is -0.497 e. The van der Waals surface area contributed by atoms with E-state index in [0.717, 1.165) is 35.8 Å². The van der Waals surface area contributed by atoms with Crippen molar-refractivity contribution in [2.45, 2.75) is 38.5 Å². The lowest BCUT2D eigenvalue weighted by molar-refractivity contribution is -0.116. The zero-order chi connectivity index (χ0) is 19.9. The summed E-state index contributed by atoms with van der Waals surface area (Å²) in [5, 5.41) is 3.01. The molecule has 1 unspecified atom stereocenters. The molecule has 1 N–H and O–H groups in total. The molecule has 1 amide bonds. The first-order chi connectivity index (χ1) is 13.6. The number of hydrogen-bond acceptors (Lipinski definition) is 4. The number of nitrogens with one attached hydrogen (secondary N) is 1. The van der Waals surface area contributed by atoms with Crippen molar-refractivity contribution in [1.29, 1.82) is 0 Å². The molecule has 5 heteroatoms. The van der Waals surface area contributed by atoms with E-state index in [1.807, 2.05) is 37.3 Å². The minimum atomic E-state index is -0.00362. The van der Waals surface area contributed by atoms with E-state index in [1.165, 1.54) is 24.9 Å². The quantitative estimate of drug-likeness (QED) is 0.745. The lowest BCUT2D eigenvalue weighted by Crippen LogP contribution is -2.29. The van der Waals surface area contributed by atoms with Crippen LogP contribution in [0.5, 0.6) is 11.5 Å². The highest BCUT2D eigenvalue weighted by molar-refractivity contribution is 5.91. The zero-order valence-corrected chi connectivity index (χ0v) is 17.0. The number of nitrogens with zero attached hydrogens (tertiary/aromatic N) is 1. The summed E-state index contributed by atoms with van der Waals surface area (Å²) < 4.78 is 10.7. The van der Waals surface area contributed by atoms with E-state index in [1.54, 1.807) is 14.2 Å². The number of amides is 1. The molecule has 1 aliphatic heterocycles. The Morgan fingerprint density at radius 3 is 2.39 bits per heavy atom. The van der Waals surface area contributed by atoms with Crippen LogP contribution in [0.1, 0.15) is 44.1 Å². The molecule has 0 aliphatic carbocycles. The van der Waals surface area contributed by atoms with Crippen molar-refractivity contribution >= 4 is 17.3 Å². The largest absolute Gasteiger partial charge is 0.497 e. The minimum absolute atomic E-state index is 0.00362. The Balaban J connectivity index is 1.59. The van der Waals surface area contributed by atoms with Gasteiger partial charge in [-0.1, -0.05) is 13.0 Å². The molecule has 0 saturated carbocycles. The average Bonchev–Trinajstić information content (AvgIpc) is 2.74. The van der Waals surface area contributed by atoms with E-state index in [2.05, 4.69) is 22.3 Å². The fraction of sp³-hybridized carbons (Fsp3) is 0.435. The first kappa shape index (κ1) is 20.1. The number of hydrogen-bond donors (Lipinski definition) is 1. The van der Waals surface area contributed by atoms with E-state index in [4.69, 9.17) is 9.47 Å². The van der Waals surface area contributed by atoms with Gasteiger partial charge in [-0.15, -0.1) is 0 Å². The SMILES string of the molecule is COc1ccc(C(C)CC(=O)Nc2ccc(N3CCCCC3)cc2)c(OC)c1. The van der Waals surface area contributed by atoms with Crippen LogP contribution in [0.4, 0.5) is 11.4 Å². The molecule has 150 valence electrons. The van der Waals surface area contributed by atoms with Crippen molar-refractivity contribution in [3.63, 3.8) is 0 Å². The summed E-state index contributed by atoms with van der Waals surface area (Å²) >= 11 is 0. The number of carbonyl (C=O) groups is 1. The monoisotopic (exact) mass is 382 g/mol. The summed E-state index contributed by atoms with van der Waals surface area (Å²) in [5.74, 6) is 1.51. The second-order valence-electron chi connectivity index (χ2n) is 7.36. The Bertz CT molecular complexity index is 783. The topological polar surface area (TPSA) is 50.8 Å². The lowest BCUT2D eigenvalue weighted by atomic mass is 9.96. The van der Waals surface area contributed by atoms with Gasteiger partial charge in [0.1, 0.15) is 11.5 Å². The van der Waals surface area contributed by atoms with Crippen LogP contribution in [-0.2, 0) is 4.79 Å². The molecule has 3 rings (SSSR count). The maximum atomic E-state index is 12.5.